The molecule has 2 heterocycles. The molecule has 1 unspecified atom stereocenters. The number of nitrogens with two attached hydrogens (primary N) is 1. The number of hydrogen-bond acceptors (Lipinski definition) is 4. The number of amides is 2. The molecule has 2 saturated heterocycles. The van der Waals surface area contributed by atoms with E-state index in [1.165, 1.54) is 0 Å². The van der Waals surface area contributed by atoms with Crippen molar-refractivity contribution in [1.29, 1.82) is 0 Å². The molecule has 2 aliphatic heterocycles. The molecule has 2 amide bonds. The van der Waals surface area contributed by atoms with E-state index in [1.807, 2.05) is 0 Å². The first-order chi connectivity index (χ1) is 8.66. The van der Waals surface area contributed by atoms with Gasteiger partial charge in [-0.3, -0.25) is 9.59 Å². The number of nitrogens with zero attached hydrogens (tertiary/aromatic N) is 1. The van der Waals surface area contributed by atoms with Gasteiger partial charge in [0.1, 0.15) is 6.61 Å². The molecule has 3 N–H and O–H groups in total. The molecule has 0 aliphatic carbocycles. The number of likely N-dealkylation sites (tertiary alicyclic amines) is 1. The van der Waals surface area contributed by atoms with E-state index in [4.69, 9.17) is 10.5 Å². The van der Waals surface area contributed by atoms with Crippen molar-refractivity contribution in [3.05, 3.63) is 0 Å². The number of ether oxygens (including phenoxy) is 1. The predicted molar refractivity (Wildman–Crippen MR) is 65.7 cm³/mol. The van der Waals surface area contributed by atoms with Gasteiger partial charge in [-0.25, -0.2) is 0 Å². The Balaban J connectivity index is 1.70. The molecule has 0 aromatic rings. The molecular formula is C12H21N3O3. The number of rotatable bonds is 4. The first kappa shape index (κ1) is 13.3. The van der Waals surface area contributed by atoms with Crippen LogP contribution in [-0.2, 0) is 14.3 Å². The third-order valence-corrected chi connectivity index (χ3v) is 3.67. The maximum Gasteiger partial charge on any atom is 0.248 e. The van der Waals surface area contributed by atoms with Crippen LogP contribution in [0.3, 0.4) is 0 Å². The summed E-state index contributed by atoms with van der Waals surface area (Å²) in [5.41, 5.74) is 5.24. The molecule has 2 aliphatic rings. The number of nitrogens with one attached hydrogen (secondary N) is 1. The van der Waals surface area contributed by atoms with Crippen molar-refractivity contribution < 1.29 is 14.3 Å². The number of primary amides is 1. The summed E-state index contributed by atoms with van der Waals surface area (Å²) in [6.07, 6.45) is 2.77. The van der Waals surface area contributed by atoms with Gasteiger partial charge in [0.2, 0.25) is 11.8 Å². The van der Waals surface area contributed by atoms with E-state index in [1.54, 1.807) is 4.90 Å². The van der Waals surface area contributed by atoms with E-state index in [-0.39, 0.29) is 30.4 Å². The van der Waals surface area contributed by atoms with Crippen LogP contribution >= 0.6 is 0 Å². The Morgan fingerprint density at radius 3 is 2.61 bits per heavy atom. The lowest BCUT2D eigenvalue weighted by Crippen LogP contribution is -2.37. The van der Waals surface area contributed by atoms with Gasteiger partial charge >= 0.3 is 0 Å². The Bertz CT molecular complexity index is 316. The van der Waals surface area contributed by atoms with Crippen LogP contribution in [0.5, 0.6) is 0 Å². The van der Waals surface area contributed by atoms with Crippen molar-refractivity contribution in [3.8, 4) is 0 Å². The number of carbonyl (C=O) groups is 2. The molecule has 6 heteroatoms. The smallest absolute Gasteiger partial charge is 0.248 e. The fourth-order valence-corrected chi connectivity index (χ4v) is 2.46. The van der Waals surface area contributed by atoms with Crippen LogP contribution in [0.25, 0.3) is 0 Å². The number of hydrogen-bond donors (Lipinski definition) is 2. The third kappa shape index (κ3) is 3.43. The van der Waals surface area contributed by atoms with Crippen LogP contribution in [0.1, 0.15) is 19.3 Å². The van der Waals surface area contributed by atoms with Crippen molar-refractivity contribution in [1.82, 2.24) is 10.2 Å². The summed E-state index contributed by atoms with van der Waals surface area (Å²) in [5, 5.41) is 3.25. The summed E-state index contributed by atoms with van der Waals surface area (Å²) >= 11 is 0. The molecule has 6 nitrogen and oxygen atoms in total. The summed E-state index contributed by atoms with van der Waals surface area (Å²) in [4.78, 5) is 24.6. The van der Waals surface area contributed by atoms with Crippen LogP contribution in [0.15, 0.2) is 0 Å². The maximum atomic E-state index is 11.9. The average Bonchev–Trinajstić information content (AvgIpc) is 2.87. The molecule has 0 bridgehead atoms. The zero-order valence-electron chi connectivity index (χ0n) is 10.6. The number of piperidine rings is 1. The molecule has 2 fully saturated rings. The van der Waals surface area contributed by atoms with Gasteiger partial charge in [0.05, 0.1) is 12.0 Å². The largest absolute Gasteiger partial charge is 0.369 e. The molecule has 0 radical (unpaired) electrons. The molecule has 18 heavy (non-hydrogen) atoms. The second-order valence-corrected chi connectivity index (χ2v) is 4.99. The van der Waals surface area contributed by atoms with Gasteiger partial charge in [-0.15, -0.1) is 0 Å². The van der Waals surface area contributed by atoms with Gasteiger partial charge in [-0.1, -0.05) is 0 Å². The first-order valence-electron chi connectivity index (χ1n) is 6.56. The van der Waals surface area contributed by atoms with Crippen LogP contribution in [0.4, 0.5) is 0 Å². The minimum absolute atomic E-state index is 0.0303. The minimum Gasteiger partial charge on any atom is -0.369 e. The summed E-state index contributed by atoms with van der Waals surface area (Å²) in [7, 11) is 0. The molecule has 2 rings (SSSR count). The second-order valence-electron chi connectivity index (χ2n) is 4.99. The Labute approximate surface area is 107 Å². The molecule has 0 saturated carbocycles. The lowest BCUT2D eigenvalue weighted by atomic mass is 10.1. The van der Waals surface area contributed by atoms with Gasteiger partial charge in [0.15, 0.2) is 0 Å². The molecule has 102 valence electrons. The molecule has 0 aromatic carbocycles. The monoisotopic (exact) mass is 255 g/mol. The highest BCUT2D eigenvalue weighted by molar-refractivity contribution is 5.81. The lowest BCUT2D eigenvalue weighted by Gasteiger charge is -2.24. The van der Waals surface area contributed by atoms with E-state index in [0.717, 1.165) is 25.9 Å². The Morgan fingerprint density at radius 2 is 2.00 bits per heavy atom. The van der Waals surface area contributed by atoms with E-state index < -0.39 is 0 Å². The van der Waals surface area contributed by atoms with Crippen LogP contribution < -0.4 is 11.1 Å². The van der Waals surface area contributed by atoms with Crippen molar-refractivity contribution in [2.75, 3.05) is 32.8 Å². The highest BCUT2D eigenvalue weighted by Crippen LogP contribution is 2.16. The lowest BCUT2D eigenvalue weighted by molar-refractivity contribution is -0.137. The second kappa shape index (κ2) is 6.15. The van der Waals surface area contributed by atoms with Crippen LogP contribution in [0.2, 0.25) is 0 Å². The van der Waals surface area contributed by atoms with Crippen LogP contribution in [-0.4, -0.2) is 55.6 Å². The summed E-state index contributed by atoms with van der Waals surface area (Å²) in [6.45, 7) is 3.08. The Hall–Kier alpha value is -1.14. The molecule has 0 aromatic heterocycles. The molecule has 0 spiro atoms. The molecule has 1 atom stereocenters. The number of carbonyl (C=O) groups excluding carboxylic acids is 2. The zero-order chi connectivity index (χ0) is 13.0. The van der Waals surface area contributed by atoms with Gasteiger partial charge in [-0.2, -0.15) is 0 Å². The maximum absolute atomic E-state index is 11.9. The third-order valence-electron chi connectivity index (χ3n) is 3.67. The highest BCUT2D eigenvalue weighted by Gasteiger charge is 2.29. The van der Waals surface area contributed by atoms with Crippen molar-refractivity contribution >= 4 is 11.8 Å². The van der Waals surface area contributed by atoms with Gasteiger partial charge in [0.25, 0.3) is 0 Å². The highest BCUT2D eigenvalue weighted by atomic mass is 16.5. The Kier molecular flexibility index (Phi) is 4.54. The summed E-state index contributed by atoms with van der Waals surface area (Å²) in [5.74, 6) is -0.533. The van der Waals surface area contributed by atoms with Gasteiger partial charge < -0.3 is 20.7 Å². The average molecular weight is 255 g/mol. The van der Waals surface area contributed by atoms with Crippen molar-refractivity contribution in [2.24, 2.45) is 11.7 Å². The van der Waals surface area contributed by atoms with E-state index in [9.17, 15) is 9.59 Å². The Morgan fingerprint density at radius 1 is 1.28 bits per heavy atom. The SMILES string of the molecule is NC(=O)C1CCN(C(=O)COC2CCNCC2)C1. The van der Waals surface area contributed by atoms with E-state index in [2.05, 4.69) is 5.32 Å². The van der Waals surface area contributed by atoms with Crippen molar-refractivity contribution in [3.63, 3.8) is 0 Å². The molecular weight excluding hydrogens is 234 g/mol. The first-order valence-corrected chi connectivity index (χ1v) is 6.56. The van der Waals surface area contributed by atoms with Gasteiger partial charge in [0, 0.05) is 13.1 Å². The predicted octanol–water partition coefficient (Wildman–Crippen LogP) is -0.911. The zero-order valence-corrected chi connectivity index (χ0v) is 10.6. The van der Waals surface area contributed by atoms with Crippen LogP contribution in [0, 0.1) is 5.92 Å². The fourth-order valence-electron chi connectivity index (χ4n) is 2.46. The normalized spacial score (nSPS) is 25.3. The topological polar surface area (TPSA) is 84.7 Å². The fraction of sp³-hybridized carbons (Fsp3) is 0.833. The summed E-state index contributed by atoms with van der Waals surface area (Å²) in [6, 6.07) is 0. The van der Waals surface area contributed by atoms with Gasteiger partial charge in [-0.05, 0) is 32.4 Å². The summed E-state index contributed by atoms with van der Waals surface area (Å²) < 4.78 is 5.61. The standard InChI is InChI=1S/C12H21N3O3/c13-12(17)9-3-6-15(7-9)11(16)8-18-10-1-4-14-5-2-10/h9-10,14H,1-8H2,(H2,13,17). The quantitative estimate of drug-likeness (QED) is 0.681. The van der Waals surface area contributed by atoms with E-state index in [0.29, 0.717) is 19.5 Å². The van der Waals surface area contributed by atoms with E-state index >= 15 is 0 Å². The van der Waals surface area contributed by atoms with Crippen molar-refractivity contribution in [2.45, 2.75) is 25.4 Å². The minimum atomic E-state index is -0.315.